The molecule has 0 radical (unpaired) electrons. The minimum atomic E-state index is -4.63. The summed E-state index contributed by atoms with van der Waals surface area (Å²) < 4.78 is 23.2. The van der Waals surface area contributed by atoms with Crippen molar-refractivity contribution in [1.29, 1.82) is 0 Å². The third-order valence-electron chi connectivity index (χ3n) is 10.8. The molecule has 2 N–H and O–H groups in total. The summed E-state index contributed by atoms with van der Waals surface area (Å²) in [7, 11) is 1.16. The Morgan fingerprint density at radius 2 is 0.969 bits per heavy atom. The van der Waals surface area contributed by atoms with Crippen LogP contribution in [0.4, 0.5) is 0 Å². The monoisotopic (exact) mass is 913 g/mol. The molecule has 368 valence electrons. The van der Waals surface area contributed by atoms with Gasteiger partial charge in [-0.3, -0.25) is 9.36 Å². The Kier molecular flexibility index (Phi) is 43.7. The maximum Gasteiger partial charge on any atom is 0.268 e. The highest BCUT2D eigenvalue weighted by Gasteiger charge is 2.23. The molecule has 0 fully saturated rings. The van der Waals surface area contributed by atoms with Crippen molar-refractivity contribution in [3.63, 3.8) is 0 Å². The number of hydrogen-bond donors (Lipinski definition) is 2. The number of hydrogen-bond acceptors (Lipinski definition) is 6. The van der Waals surface area contributed by atoms with Gasteiger partial charge in [-0.15, -0.1) is 0 Å². The molecule has 64 heavy (non-hydrogen) atoms. The van der Waals surface area contributed by atoms with Crippen LogP contribution in [0.15, 0.2) is 97.2 Å². The number of likely N-dealkylation sites (N-methyl/N-ethyl adjacent to an activating group) is 1. The predicted molar refractivity (Wildman–Crippen MR) is 274 cm³/mol. The lowest BCUT2D eigenvalue weighted by atomic mass is 10.0. The van der Waals surface area contributed by atoms with E-state index in [1.807, 2.05) is 33.3 Å². The second-order valence-electron chi connectivity index (χ2n) is 18.1. The molecule has 3 unspecified atom stereocenters. The van der Waals surface area contributed by atoms with Crippen molar-refractivity contribution >= 4 is 13.7 Å². The summed E-state index contributed by atoms with van der Waals surface area (Å²) in [5, 5.41) is 13.7. The summed E-state index contributed by atoms with van der Waals surface area (Å²) >= 11 is 0. The molecule has 0 aliphatic carbocycles. The van der Waals surface area contributed by atoms with Crippen LogP contribution in [0.5, 0.6) is 0 Å². The highest BCUT2D eigenvalue weighted by atomic mass is 31.2. The number of phosphoric acid groups is 1. The van der Waals surface area contributed by atoms with Gasteiger partial charge in [-0.25, -0.2) is 0 Å². The highest BCUT2D eigenvalue weighted by molar-refractivity contribution is 7.45. The van der Waals surface area contributed by atoms with Crippen molar-refractivity contribution < 1.29 is 32.9 Å². The molecule has 0 aliphatic heterocycles. The van der Waals surface area contributed by atoms with Crippen molar-refractivity contribution in [3.8, 4) is 0 Å². The average molecular weight is 913 g/mol. The van der Waals surface area contributed by atoms with E-state index in [1.165, 1.54) is 116 Å². The van der Waals surface area contributed by atoms with E-state index in [4.69, 9.17) is 9.05 Å². The molecule has 0 aliphatic rings. The number of rotatable bonds is 45. The lowest BCUT2D eigenvalue weighted by molar-refractivity contribution is -0.870. The zero-order chi connectivity index (χ0) is 47.1. The molecule has 0 spiro atoms. The number of allylic oxidation sites excluding steroid dienone is 14. The molecular formula is C55H97N2O6P. The SMILES string of the molecule is CC/C=C\C/C=C\C/C=C\C/C=C\C/C=C\CC(=O)NC(COP(=O)([O-])OCC[N+](C)(C)C)C(O)/C=C/CC/C=C/CC/C=C/CCCCCCCCCCCCCCCCCCC. The third kappa shape index (κ3) is 47.4. The first kappa shape index (κ1) is 61.4. The molecule has 0 bridgehead atoms. The lowest BCUT2D eigenvalue weighted by Gasteiger charge is -2.29. The summed E-state index contributed by atoms with van der Waals surface area (Å²) in [6.07, 6.45) is 65.2. The van der Waals surface area contributed by atoms with Crippen LogP contribution in [0, 0.1) is 0 Å². The molecular weight excluding hydrogens is 816 g/mol. The van der Waals surface area contributed by atoms with E-state index in [0.29, 0.717) is 23.9 Å². The maximum absolute atomic E-state index is 12.8. The Labute approximate surface area is 394 Å². The van der Waals surface area contributed by atoms with Crippen LogP contribution >= 0.6 is 7.82 Å². The number of aliphatic hydroxyl groups is 1. The van der Waals surface area contributed by atoms with Gasteiger partial charge in [0.1, 0.15) is 13.2 Å². The molecule has 0 aromatic carbocycles. The fourth-order valence-corrected chi connectivity index (χ4v) is 7.50. The van der Waals surface area contributed by atoms with Crippen molar-refractivity contribution in [2.45, 2.75) is 206 Å². The fourth-order valence-electron chi connectivity index (χ4n) is 6.78. The van der Waals surface area contributed by atoms with Crippen LogP contribution < -0.4 is 10.2 Å². The van der Waals surface area contributed by atoms with E-state index in [9.17, 15) is 19.4 Å². The molecule has 0 saturated carbocycles. The first-order valence-electron chi connectivity index (χ1n) is 25.6. The summed E-state index contributed by atoms with van der Waals surface area (Å²) in [5.41, 5.74) is 0. The molecule has 0 rings (SSSR count). The number of aliphatic hydroxyl groups excluding tert-OH is 1. The van der Waals surface area contributed by atoms with Crippen LogP contribution in [0.25, 0.3) is 0 Å². The zero-order valence-electron chi connectivity index (χ0n) is 41.7. The molecule has 9 heteroatoms. The van der Waals surface area contributed by atoms with E-state index in [0.717, 1.165) is 44.9 Å². The van der Waals surface area contributed by atoms with E-state index in [2.05, 4.69) is 92.1 Å². The fraction of sp³-hybridized carbons (Fsp3) is 0.691. The van der Waals surface area contributed by atoms with Crippen LogP contribution in [-0.4, -0.2) is 68.5 Å². The first-order chi connectivity index (χ1) is 31.0. The van der Waals surface area contributed by atoms with Crippen molar-refractivity contribution in [1.82, 2.24) is 5.32 Å². The zero-order valence-corrected chi connectivity index (χ0v) is 42.6. The van der Waals surface area contributed by atoms with Gasteiger partial charge in [0.05, 0.1) is 39.9 Å². The van der Waals surface area contributed by atoms with Crippen LogP contribution in [0.2, 0.25) is 0 Å². The number of quaternary nitrogens is 1. The normalized spacial score (nSPS) is 14.9. The van der Waals surface area contributed by atoms with E-state index in [-0.39, 0.29) is 18.9 Å². The molecule has 8 nitrogen and oxygen atoms in total. The predicted octanol–water partition coefficient (Wildman–Crippen LogP) is 14.5. The van der Waals surface area contributed by atoms with Gasteiger partial charge in [-0.2, -0.15) is 0 Å². The standard InChI is InChI=1S/C55H97N2O6P/c1-6-8-10-12-14-16-18-20-22-23-24-25-26-27-28-29-30-31-32-33-35-36-38-40-42-44-46-48-54(58)53(52-63-64(60,61)62-51-50-57(3,4)5)56-55(59)49-47-45-43-41-39-37-34-21-19-17-15-13-11-9-7-2/h9,11,15,17,21,32-34,38-41,45-48,53-54,58H,6-8,10,12-14,16,18-20,22-31,35-37,42-44,49-52H2,1-5H3,(H-,56,59,60,61)/b11-9-,17-15-,33-32+,34-21-,40-38+,41-39-,47-45-,48-46+. The number of carbonyl (C=O) groups excluding carboxylic acids is 1. The minimum Gasteiger partial charge on any atom is -0.756 e. The second kappa shape index (κ2) is 45.6. The molecule has 0 aromatic heterocycles. The molecule has 0 heterocycles. The summed E-state index contributed by atoms with van der Waals surface area (Å²) in [4.78, 5) is 25.3. The van der Waals surface area contributed by atoms with Gasteiger partial charge < -0.3 is 28.8 Å². The molecule has 3 atom stereocenters. The Morgan fingerprint density at radius 1 is 0.562 bits per heavy atom. The van der Waals surface area contributed by atoms with Gasteiger partial charge in [-0.05, 0) is 70.6 Å². The summed E-state index contributed by atoms with van der Waals surface area (Å²) in [5.74, 6) is -0.341. The van der Waals surface area contributed by atoms with E-state index < -0.39 is 26.6 Å². The van der Waals surface area contributed by atoms with Crippen molar-refractivity contribution in [2.24, 2.45) is 0 Å². The third-order valence-corrected chi connectivity index (χ3v) is 11.7. The highest BCUT2D eigenvalue weighted by Crippen LogP contribution is 2.38. The van der Waals surface area contributed by atoms with Gasteiger partial charge >= 0.3 is 0 Å². The van der Waals surface area contributed by atoms with Gasteiger partial charge in [0.25, 0.3) is 7.82 Å². The second-order valence-corrected chi connectivity index (χ2v) is 19.5. The number of unbranched alkanes of at least 4 members (excludes halogenated alkanes) is 19. The Balaban J connectivity index is 4.43. The van der Waals surface area contributed by atoms with Gasteiger partial charge in [0.2, 0.25) is 5.91 Å². The van der Waals surface area contributed by atoms with Crippen molar-refractivity contribution in [2.75, 3.05) is 40.9 Å². The number of amides is 1. The van der Waals surface area contributed by atoms with Crippen molar-refractivity contribution in [3.05, 3.63) is 97.2 Å². The minimum absolute atomic E-state index is 0.0305. The Bertz CT molecular complexity index is 1360. The van der Waals surface area contributed by atoms with Gasteiger partial charge in [0.15, 0.2) is 0 Å². The first-order valence-corrected chi connectivity index (χ1v) is 27.1. The number of carbonyl (C=O) groups is 1. The van der Waals surface area contributed by atoms with Crippen LogP contribution in [0.1, 0.15) is 194 Å². The largest absolute Gasteiger partial charge is 0.756 e. The lowest BCUT2D eigenvalue weighted by Crippen LogP contribution is -2.45. The van der Waals surface area contributed by atoms with Gasteiger partial charge in [-0.1, -0.05) is 214 Å². The molecule has 0 saturated heterocycles. The van der Waals surface area contributed by atoms with Crippen LogP contribution in [-0.2, 0) is 18.4 Å². The maximum atomic E-state index is 12.8. The quantitative estimate of drug-likeness (QED) is 0.0273. The summed E-state index contributed by atoms with van der Waals surface area (Å²) in [6, 6.07) is -0.970. The van der Waals surface area contributed by atoms with Gasteiger partial charge in [0, 0.05) is 6.42 Å². The van der Waals surface area contributed by atoms with Crippen LogP contribution in [0.3, 0.4) is 0 Å². The topological polar surface area (TPSA) is 108 Å². The average Bonchev–Trinajstić information content (AvgIpc) is 3.25. The number of nitrogens with zero attached hydrogens (tertiary/aromatic N) is 1. The molecule has 1 amide bonds. The molecule has 0 aromatic rings. The summed E-state index contributed by atoms with van der Waals surface area (Å²) in [6.45, 7) is 4.42. The Hall–Kier alpha value is -2.58. The number of phosphoric ester groups is 1. The van der Waals surface area contributed by atoms with E-state index in [1.54, 1.807) is 12.2 Å². The number of nitrogens with one attached hydrogen (secondary N) is 1. The smallest absolute Gasteiger partial charge is 0.268 e. The van der Waals surface area contributed by atoms with E-state index >= 15 is 0 Å². The Morgan fingerprint density at radius 3 is 1.42 bits per heavy atom.